The van der Waals surface area contributed by atoms with Crippen molar-refractivity contribution in [2.75, 3.05) is 10.6 Å². The molecule has 3 rings (SSSR count). The third-order valence-electron chi connectivity index (χ3n) is 5.08. The first kappa shape index (κ1) is 21.3. The summed E-state index contributed by atoms with van der Waals surface area (Å²) in [5.74, 6) is 0.482. The SMILES string of the molecule is CC(C)c1ccc(NC(=O)c2ccc(C(=O)Nc3ccc(C(C)C)cc3)cc2)cc1. The lowest BCUT2D eigenvalue weighted by Gasteiger charge is -2.10. The van der Waals surface area contributed by atoms with E-state index in [1.54, 1.807) is 24.3 Å². The van der Waals surface area contributed by atoms with Crippen molar-refractivity contribution in [3.05, 3.63) is 95.1 Å². The zero-order valence-corrected chi connectivity index (χ0v) is 17.9. The molecule has 4 nitrogen and oxygen atoms in total. The van der Waals surface area contributed by atoms with Crippen LogP contribution in [-0.4, -0.2) is 11.8 Å². The number of benzene rings is 3. The Morgan fingerprint density at radius 2 is 0.833 bits per heavy atom. The lowest BCUT2D eigenvalue weighted by molar-refractivity contribution is 0.101. The van der Waals surface area contributed by atoms with Crippen molar-refractivity contribution in [2.45, 2.75) is 39.5 Å². The molecule has 30 heavy (non-hydrogen) atoms. The van der Waals surface area contributed by atoms with Crippen LogP contribution in [0.1, 0.15) is 71.4 Å². The molecule has 0 aromatic heterocycles. The van der Waals surface area contributed by atoms with Gasteiger partial charge in [0.2, 0.25) is 0 Å². The van der Waals surface area contributed by atoms with E-state index < -0.39 is 0 Å². The van der Waals surface area contributed by atoms with Crippen LogP contribution in [0.2, 0.25) is 0 Å². The van der Waals surface area contributed by atoms with Crippen molar-refractivity contribution in [1.82, 2.24) is 0 Å². The summed E-state index contributed by atoms with van der Waals surface area (Å²) in [4.78, 5) is 25.0. The van der Waals surface area contributed by atoms with Gasteiger partial charge in [0.05, 0.1) is 0 Å². The highest BCUT2D eigenvalue weighted by molar-refractivity contribution is 6.07. The summed E-state index contributed by atoms with van der Waals surface area (Å²) in [6.45, 7) is 8.52. The van der Waals surface area contributed by atoms with Crippen LogP contribution in [-0.2, 0) is 0 Å². The van der Waals surface area contributed by atoms with Crippen molar-refractivity contribution in [3.8, 4) is 0 Å². The van der Waals surface area contributed by atoms with Gasteiger partial charge in [-0.25, -0.2) is 0 Å². The Morgan fingerprint density at radius 3 is 1.10 bits per heavy atom. The number of nitrogens with one attached hydrogen (secondary N) is 2. The van der Waals surface area contributed by atoms with Crippen molar-refractivity contribution in [2.24, 2.45) is 0 Å². The minimum absolute atomic E-state index is 0.205. The van der Waals surface area contributed by atoms with Gasteiger partial charge in [0.1, 0.15) is 0 Å². The van der Waals surface area contributed by atoms with Crippen LogP contribution in [0.5, 0.6) is 0 Å². The van der Waals surface area contributed by atoms with Crippen LogP contribution < -0.4 is 10.6 Å². The monoisotopic (exact) mass is 400 g/mol. The van der Waals surface area contributed by atoms with Gasteiger partial charge in [0.25, 0.3) is 11.8 Å². The van der Waals surface area contributed by atoms with E-state index in [-0.39, 0.29) is 11.8 Å². The van der Waals surface area contributed by atoms with Gasteiger partial charge in [-0.05, 0) is 71.5 Å². The second kappa shape index (κ2) is 9.40. The molecule has 0 aliphatic heterocycles. The molecule has 0 atom stereocenters. The Bertz CT molecular complexity index is 918. The van der Waals surface area contributed by atoms with E-state index in [4.69, 9.17) is 0 Å². The van der Waals surface area contributed by atoms with Gasteiger partial charge < -0.3 is 10.6 Å². The van der Waals surface area contributed by atoms with E-state index in [0.717, 1.165) is 11.4 Å². The first-order valence-electron chi connectivity index (χ1n) is 10.3. The highest BCUT2D eigenvalue weighted by Gasteiger charge is 2.10. The Balaban J connectivity index is 1.61. The van der Waals surface area contributed by atoms with E-state index in [0.29, 0.717) is 23.0 Å². The van der Waals surface area contributed by atoms with Crippen LogP contribution in [0.4, 0.5) is 11.4 Å². The van der Waals surface area contributed by atoms with Gasteiger partial charge in [0.15, 0.2) is 0 Å². The molecule has 0 unspecified atom stereocenters. The average molecular weight is 401 g/mol. The maximum absolute atomic E-state index is 12.5. The second-order valence-electron chi connectivity index (χ2n) is 8.04. The molecule has 0 saturated carbocycles. The molecule has 0 aliphatic rings. The highest BCUT2D eigenvalue weighted by Crippen LogP contribution is 2.19. The van der Waals surface area contributed by atoms with E-state index in [1.165, 1.54) is 11.1 Å². The van der Waals surface area contributed by atoms with Gasteiger partial charge in [-0.3, -0.25) is 9.59 Å². The maximum Gasteiger partial charge on any atom is 0.255 e. The van der Waals surface area contributed by atoms with E-state index >= 15 is 0 Å². The molecule has 0 fully saturated rings. The number of carbonyl (C=O) groups excluding carboxylic acids is 2. The fourth-order valence-corrected chi connectivity index (χ4v) is 3.08. The number of carbonyl (C=O) groups is 2. The van der Waals surface area contributed by atoms with Crippen LogP contribution in [0, 0.1) is 0 Å². The van der Waals surface area contributed by atoms with Crippen molar-refractivity contribution in [1.29, 1.82) is 0 Å². The summed E-state index contributed by atoms with van der Waals surface area (Å²) in [6, 6.07) is 22.3. The van der Waals surface area contributed by atoms with Crippen molar-refractivity contribution < 1.29 is 9.59 Å². The summed E-state index contributed by atoms with van der Waals surface area (Å²) in [5.41, 5.74) is 4.94. The molecule has 154 valence electrons. The van der Waals surface area contributed by atoms with Crippen LogP contribution >= 0.6 is 0 Å². The first-order valence-corrected chi connectivity index (χ1v) is 10.3. The van der Waals surface area contributed by atoms with E-state index in [9.17, 15) is 9.59 Å². The Labute approximate surface area is 178 Å². The molecule has 3 aromatic carbocycles. The zero-order valence-electron chi connectivity index (χ0n) is 17.9. The highest BCUT2D eigenvalue weighted by atomic mass is 16.2. The molecule has 0 spiro atoms. The van der Waals surface area contributed by atoms with Crippen LogP contribution in [0.3, 0.4) is 0 Å². The molecule has 0 aliphatic carbocycles. The lowest BCUT2D eigenvalue weighted by Crippen LogP contribution is -2.14. The number of rotatable bonds is 6. The molecular weight excluding hydrogens is 372 g/mol. The van der Waals surface area contributed by atoms with Crippen LogP contribution in [0.25, 0.3) is 0 Å². The zero-order chi connectivity index (χ0) is 21.7. The maximum atomic E-state index is 12.5. The third kappa shape index (κ3) is 5.35. The number of anilines is 2. The van der Waals surface area contributed by atoms with Crippen LogP contribution in [0.15, 0.2) is 72.8 Å². The van der Waals surface area contributed by atoms with Gasteiger partial charge in [-0.2, -0.15) is 0 Å². The van der Waals surface area contributed by atoms with Gasteiger partial charge in [0, 0.05) is 22.5 Å². The quantitative estimate of drug-likeness (QED) is 0.500. The average Bonchev–Trinajstić information content (AvgIpc) is 2.74. The smallest absolute Gasteiger partial charge is 0.255 e. The molecule has 2 amide bonds. The van der Waals surface area contributed by atoms with Gasteiger partial charge >= 0.3 is 0 Å². The molecule has 3 aromatic rings. The van der Waals surface area contributed by atoms with Gasteiger partial charge in [-0.1, -0.05) is 52.0 Å². The molecular formula is C26H28N2O2. The molecule has 0 heterocycles. The molecule has 0 saturated heterocycles. The Kier molecular flexibility index (Phi) is 6.68. The number of amides is 2. The first-order chi connectivity index (χ1) is 14.3. The minimum atomic E-state index is -0.205. The van der Waals surface area contributed by atoms with E-state index in [2.05, 4.69) is 38.3 Å². The summed E-state index contributed by atoms with van der Waals surface area (Å²) in [6.07, 6.45) is 0. The molecule has 0 bridgehead atoms. The topological polar surface area (TPSA) is 58.2 Å². The number of hydrogen-bond donors (Lipinski definition) is 2. The lowest BCUT2D eigenvalue weighted by atomic mass is 10.0. The summed E-state index contributed by atoms with van der Waals surface area (Å²) < 4.78 is 0. The standard InChI is InChI=1S/C26H28N2O2/c1-17(2)19-9-13-23(14-10-19)27-25(29)21-5-7-22(8-6-21)26(30)28-24-15-11-20(12-16-24)18(3)4/h5-18H,1-4H3,(H,27,29)(H,28,30). The Morgan fingerprint density at radius 1 is 0.533 bits per heavy atom. The van der Waals surface area contributed by atoms with E-state index in [1.807, 2.05) is 48.5 Å². The fourth-order valence-electron chi connectivity index (χ4n) is 3.08. The molecule has 2 N–H and O–H groups in total. The third-order valence-corrected chi connectivity index (χ3v) is 5.08. The predicted molar refractivity (Wildman–Crippen MR) is 123 cm³/mol. The van der Waals surface area contributed by atoms with Crippen molar-refractivity contribution >= 4 is 23.2 Å². The summed E-state index contributed by atoms with van der Waals surface area (Å²) in [5, 5.41) is 5.78. The Hall–Kier alpha value is -3.40. The van der Waals surface area contributed by atoms with Crippen molar-refractivity contribution in [3.63, 3.8) is 0 Å². The largest absolute Gasteiger partial charge is 0.322 e. The fraction of sp³-hybridized carbons (Fsp3) is 0.231. The number of hydrogen-bond acceptors (Lipinski definition) is 2. The minimum Gasteiger partial charge on any atom is -0.322 e. The molecule has 4 heteroatoms. The summed E-state index contributed by atoms with van der Waals surface area (Å²) in [7, 11) is 0. The normalized spacial score (nSPS) is 10.9. The summed E-state index contributed by atoms with van der Waals surface area (Å²) >= 11 is 0. The predicted octanol–water partition coefficient (Wildman–Crippen LogP) is 6.44. The molecule has 0 radical (unpaired) electrons. The van der Waals surface area contributed by atoms with Gasteiger partial charge in [-0.15, -0.1) is 0 Å². The second-order valence-corrected chi connectivity index (χ2v) is 8.04.